The van der Waals surface area contributed by atoms with Gasteiger partial charge >= 0.3 is 0 Å². The van der Waals surface area contributed by atoms with E-state index in [-0.39, 0.29) is 11.2 Å². The highest BCUT2D eigenvalue weighted by atomic mass is 16.3. The molecule has 0 bridgehead atoms. The molecule has 4 nitrogen and oxygen atoms in total. The van der Waals surface area contributed by atoms with Crippen molar-refractivity contribution >= 4 is 0 Å². The molecule has 0 radical (unpaired) electrons. The van der Waals surface area contributed by atoms with Crippen LogP contribution in [0.1, 0.15) is 51.4 Å². The van der Waals surface area contributed by atoms with E-state index in [4.69, 9.17) is 0 Å². The van der Waals surface area contributed by atoms with Gasteiger partial charge in [0.1, 0.15) is 0 Å². The molecule has 0 atom stereocenters. The molecule has 114 valence electrons. The summed E-state index contributed by atoms with van der Waals surface area (Å²) in [6.07, 6.45) is 3.27. The number of pyridine rings is 1. The van der Waals surface area contributed by atoms with Crippen molar-refractivity contribution in [2.75, 3.05) is 13.1 Å². The number of aromatic nitrogens is 1. The Bertz CT molecular complexity index is 480. The Balaban J connectivity index is 3.10. The third kappa shape index (κ3) is 4.10. The van der Waals surface area contributed by atoms with E-state index in [9.17, 15) is 9.90 Å². The predicted octanol–water partition coefficient (Wildman–Crippen LogP) is 2.89. The summed E-state index contributed by atoms with van der Waals surface area (Å²) in [6, 6.07) is 1.52. The maximum absolute atomic E-state index is 11.8. The first-order valence-electron chi connectivity index (χ1n) is 7.69. The van der Waals surface area contributed by atoms with Crippen LogP contribution >= 0.6 is 0 Å². The molecule has 0 spiro atoms. The molecule has 1 heterocycles. The van der Waals surface area contributed by atoms with Crippen LogP contribution in [0.3, 0.4) is 0 Å². The van der Waals surface area contributed by atoms with Crippen LogP contribution in [-0.2, 0) is 13.1 Å². The van der Waals surface area contributed by atoms with Gasteiger partial charge in [0.25, 0.3) is 0 Å². The maximum Gasteiger partial charge on any atom is 0.223 e. The van der Waals surface area contributed by atoms with Crippen molar-refractivity contribution in [3.63, 3.8) is 0 Å². The summed E-state index contributed by atoms with van der Waals surface area (Å²) >= 11 is 0. The number of hydrogen-bond donors (Lipinski definition) is 1. The minimum Gasteiger partial charge on any atom is -0.503 e. The summed E-state index contributed by atoms with van der Waals surface area (Å²) < 4.78 is 2.07. The SMILES string of the molecule is CCCCN(CC)Cc1c(O)c(=O)cc(C)n1CCC. The average Bonchev–Trinajstić information content (AvgIpc) is 2.43. The van der Waals surface area contributed by atoms with Gasteiger partial charge in [-0.05, 0) is 32.9 Å². The van der Waals surface area contributed by atoms with Crippen molar-refractivity contribution in [2.45, 2.75) is 60.0 Å². The Hall–Kier alpha value is -1.29. The number of rotatable bonds is 8. The first-order valence-corrected chi connectivity index (χ1v) is 7.69. The second-order valence-corrected chi connectivity index (χ2v) is 5.32. The maximum atomic E-state index is 11.8. The lowest BCUT2D eigenvalue weighted by Crippen LogP contribution is -2.28. The number of hydrogen-bond acceptors (Lipinski definition) is 3. The van der Waals surface area contributed by atoms with Gasteiger partial charge in [-0.2, -0.15) is 0 Å². The second-order valence-electron chi connectivity index (χ2n) is 5.32. The van der Waals surface area contributed by atoms with Gasteiger partial charge in [0.15, 0.2) is 5.75 Å². The lowest BCUT2D eigenvalue weighted by atomic mass is 10.2. The van der Waals surface area contributed by atoms with E-state index in [1.807, 2.05) is 6.92 Å². The van der Waals surface area contributed by atoms with E-state index in [1.54, 1.807) is 0 Å². The normalized spacial score (nSPS) is 11.2. The molecule has 20 heavy (non-hydrogen) atoms. The summed E-state index contributed by atoms with van der Waals surface area (Å²) in [4.78, 5) is 14.1. The van der Waals surface area contributed by atoms with Crippen molar-refractivity contribution in [2.24, 2.45) is 0 Å². The van der Waals surface area contributed by atoms with E-state index in [0.717, 1.165) is 50.3 Å². The number of nitrogens with zero attached hydrogens (tertiary/aromatic N) is 2. The van der Waals surface area contributed by atoms with Crippen molar-refractivity contribution in [3.8, 4) is 5.75 Å². The van der Waals surface area contributed by atoms with Crippen molar-refractivity contribution in [1.82, 2.24) is 9.47 Å². The Kier molecular flexibility index (Phi) is 6.79. The third-order valence-electron chi connectivity index (χ3n) is 3.69. The van der Waals surface area contributed by atoms with E-state index in [1.165, 1.54) is 6.07 Å². The van der Waals surface area contributed by atoms with E-state index < -0.39 is 0 Å². The van der Waals surface area contributed by atoms with Crippen LogP contribution < -0.4 is 5.43 Å². The fourth-order valence-electron chi connectivity index (χ4n) is 2.46. The van der Waals surface area contributed by atoms with Gasteiger partial charge in [-0.15, -0.1) is 0 Å². The summed E-state index contributed by atoms with van der Waals surface area (Å²) in [7, 11) is 0. The lowest BCUT2D eigenvalue weighted by molar-refractivity contribution is 0.261. The molecule has 0 aliphatic rings. The van der Waals surface area contributed by atoms with Crippen LogP contribution in [0.15, 0.2) is 10.9 Å². The molecular weight excluding hydrogens is 252 g/mol. The summed E-state index contributed by atoms with van der Waals surface area (Å²) in [5.74, 6) is -0.0843. The van der Waals surface area contributed by atoms with Gasteiger partial charge in [0.2, 0.25) is 5.43 Å². The van der Waals surface area contributed by atoms with Crippen molar-refractivity contribution in [1.29, 1.82) is 0 Å². The molecule has 0 aromatic carbocycles. The van der Waals surface area contributed by atoms with Crippen LogP contribution in [0.2, 0.25) is 0 Å². The van der Waals surface area contributed by atoms with Gasteiger partial charge in [-0.1, -0.05) is 27.2 Å². The molecule has 0 amide bonds. The number of aromatic hydroxyl groups is 1. The fourth-order valence-corrected chi connectivity index (χ4v) is 2.46. The molecule has 0 saturated carbocycles. The first kappa shape index (κ1) is 16.8. The average molecular weight is 280 g/mol. The predicted molar refractivity (Wildman–Crippen MR) is 83.3 cm³/mol. The molecular formula is C16H28N2O2. The minimum atomic E-state index is -0.267. The largest absolute Gasteiger partial charge is 0.503 e. The zero-order chi connectivity index (χ0) is 15.1. The topological polar surface area (TPSA) is 45.5 Å². The van der Waals surface area contributed by atoms with Gasteiger partial charge in [-0.25, -0.2) is 0 Å². The Morgan fingerprint density at radius 3 is 2.50 bits per heavy atom. The second kappa shape index (κ2) is 8.10. The monoisotopic (exact) mass is 280 g/mol. The zero-order valence-electron chi connectivity index (χ0n) is 13.3. The van der Waals surface area contributed by atoms with E-state index >= 15 is 0 Å². The van der Waals surface area contributed by atoms with Gasteiger partial charge in [0.05, 0.1) is 5.69 Å². The Labute approximate surface area is 122 Å². The molecule has 1 rings (SSSR count). The van der Waals surface area contributed by atoms with Crippen LogP contribution in [-0.4, -0.2) is 27.7 Å². The summed E-state index contributed by atoms with van der Waals surface area (Å²) in [5.41, 5.74) is 1.42. The minimum absolute atomic E-state index is 0.0843. The molecule has 0 saturated heterocycles. The first-order chi connectivity index (χ1) is 9.54. The fraction of sp³-hybridized carbons (Fsp3) is 0.688. The van der Waals surface area contributed by atoms with Crippen LogP contribution in [0, 0.1) is 6.92 Å². The van der Waals surface area contributed by atoms with E-state index in [2.05, 4.69) is 30.2 Å². The zero-order valence-corrected chi connectivity index (χ0v) is 13.3. The van der Waals surface area contributed by atoms with Crippen LogP contribution in [0.4, 0.5) is 0 Å². The molecule has 4 heteroatoms. The molecule has 0 aliphatic heterocycles. The molecule has 0 fully saturated rings. The summed E-state index contributed by atoms with van der Waals surface area (Å²) in [6.45, 7) is 11.7. The number of aryl methyl sites for hydroxylation is 1. The third-order valence-corrected chi connectivity index (χ3v) is 3.69. The van der Waals surface area contributed by atoms with Crippen LogP contribution in [0.5, 0.6) is 5.75 Å². The van der Waals surface area contributed by atoms with Crippen LogP contribution in [0.25, 0.3) is 0 Å². The molecule has 0 unspecified atom stereocenters. The van der Waals surface area contributed by atoms with Crippen molar-refractivity contribution < 1.29 is 5.11 Å². The quantitative estimate of drug-likeness (QED) is 0.796. The summed E-state index contributed by atoms with van der Waals surface area (Å²) in [5, 5.41) is 10.1. The Morgan fingerprint density at radius 2 is 1.95 bits per heavy atom. The lowest BCUT2D eigenvalue weighted by Gasteiger charge is -2.24. The standard InChI is InChI=1S/C16H28N2O2/c1-5-8-10-17(7-3)12-14-16(20)15(19)11-13(4)18(14)9-6-2/h11,20H,5-10,12H2,1-4H3. The highest BCUT2D eigenvalue weighted by molar-refractivity contribution is 5.29. The molecule has 0 aliphatic carbocycles. The van der Waals surface area contributed by atoms with Crippen molar-refractivity contribution in [3.05, 3.63) is 27.7 Å². The molecule has 1 aromatic rings. The Morgan fingerprint density at radius 1 is 1.25 bits per heavy atom. The van der Waals surface area contributed by atoms with Gasteiger partial charge in [0, 0.05) is 24.8 Å². The number of unbranched alkanes of at least 4 members (excludes halogenated alkanes) is 1. The van der Waals surface area contributed by atoms with E-state index in [0.29, 0.717) is 6.54 Å². The molecule has 1 N–H and O–H groups in total. The smallest absolute Gasteiger partial charge is 0.223 e. The van der Waals surface area contributed by atoms with Gasteiger partial charge in [-0.3, -0.25) is 9.69 Å². The van der Waals surface area contributed by atoms with Gasteiger partial charge < -0.3 is 9.67 Å². The highest BCUT2D eigenvalue weighted by Crippen LogP contribution is 2.17. The highest BCUT2D eigenvalue weighted by Gasteiger charge is 2.15. The molecule has 1 aromatic heterocycles.